The van der Waals surface area contributed by atoms with Gasteiger partial charge in [0.1, 0.15) is 5.82 Å². The molecule has 3 aromatic rings. The number of amides is 1. The maximum atomic E-state index is 12.8. The molecule has 0 aliphatic carbocycles. The number of rotatable bonds is 3. The molecule has 1 atom stereocenters. The molecule has 7 heteroatoms. The van der Waals surface area contributed by atoms with E-state index in [4.69, 9.17) is 4.98 Å². The molecule has 7 nitrogen and oxygen atoms in total. The van der Waals surface area contributed by atoms with Crippen molar-refractivity contribution in [2.45, 2.75) is 18.8 Å². The Labute approximate surface area is 152 Å². The quantitative estimate of drug-likeness (QED) is 0.785. The first kappa shape index (κ1) is 16.5. The second-order valence-electron chi connectivity index (χ2n) is 6.65. The molecular weight excluding hydrogens is 328 g/mol. The summed E-state index contributed by atoms with van der Waals surface area (Å²) in [6.45, 7) is 1.43. The van der Waals surface area contributed by atoms with E-state index in [0.717, 1.165) is 36.2 Å². The summed E-state index contributed by atoms with van der Waals surface area (Å²) < 4.78 is 2.15. The van der Waals surface area contributed by atoms with Crippen LogP contribution in [0.4, 0.5) is 5.95 Å². The molecule has 1 aliphatic rings. The SMILES string of the molecule is CNc1ncc(C(=O)N2CCC[C@@H](c3nc4ccccc4n3C)C2)cn1. The number of likely N-dealkylation sites (tertiary alicyclic amines) is 1. The molecule has 0 unspecified atom stereocenters. The number of hydrogen-bond donors (Lipinski definition) is 1. The van der Waals surface area contributed by atoms with Gasteiger partial charge in [-0.1, -0.05) is 12.1 Å². The monoisotopic (exact) mass is 350 g/mol. The van der Waals surface area contributed by atoms with Gasteiger partial charge in [0.25, 0.3) is 5.91 Å². The Morgan fingerprint density at radius 2 is 2.00 bits per heavy atom. The summed E-state index contributed by atoms with van der Waals surface area (Å²) in [5.41, 5.74) is 2.65. The third kappa shape index (κ3) is 2.89. The van der Waals surface area contributed by atoms with Crippen LogP contribution in [0.5, 0.6) is 0 Å². The first-order chi connectivity index (χ1) is 12.7. The fraction of sp³-hybridized carbons (Fsp3) is 0.368. The van der Waals surface area contributed by atoms with E-state index in [-0.39, 0.29) is 11.8 Å². The Morgan fingerprint density at radius 3 is 2.73 bits per heavy atom. The number of piperidine rings is 1. The molecule has 134 valence electrons. The number of para-hydroxylation sites is 2. The van der Waals surface area contributed by atoms with Gasteiger partial charge in [-0.2, -0.15) is 0 Å². The number of anilines is 1. The van der Waals surface area contributed by atoms with Crippen molar-refractivity contribution in [3.05, 3.63) is 48.0 Å². The molecule has 0 spiro atoms. The molecule has 3 heterocycles. The second kappa shape index (κ2) is 6.74. The summed E-state index contributed by atoms with van der Waals surface area (Å²) in [7, 11) is 3.80. The predicted octanol–water partition coefficient (Wildman–Crippen LogP) is 2.42. The minimum absolute atomic E-state index is 0.0175. The molecule has 2 aromatic heterocycles. The third-order valence-electron chi connectivity index (χ3n) is 5.02. The van der Waals surface area contributed by atoms with Gasteiger partial charge in [0.15, 0.2) is 0 Å². The summed E-state index contributed by atoms with van der Waals surface area (Å²) in [5.74, 6) is 1.78. The molecule has 0 saturated carbocycles. The fourth-order valence-electron chi connectivity index (χ4n) is 3.65. The molecule has 0 radical (unpaired) electrons. The molecule has 4 rings (SSSR count). The van der Waals surface area contributed by atoms with Gasteiger partial charge in [0, 0.05) is 45.5 Å². The minimum atomic E-state index is -0.0175. The third-order valence-corrected chi connectivity index (χ3v) is 5.02. The summed E-state index contributed by atoms with van der Waals surface area (Å²) in [6.07, 6.45) is 5.17. The van der Waals surface area contributed by atoms with Crippen molar-refractivity contribution >= 4 is 22.9 Å². The first-order valence-electron chi connectivity index (χ1n) is 8.88. The van der Waals surface area contributed by atoms with Crippen molar-refractivity contribution in [2.75, 3.05) is 25.5 Å². The van der Waals surface area contributed by atoms with Crippen LogP contribution in [0.25, 0.3) is 11.0 Å². The normalized spacial score (nSPS) is 17.5. The number of aromatic nitrogens is 4. The topological polar surface area (TPSA) is 75.9 Å². The van der Waals surface area contributed by atoms with E-state index in [2.05, 4.69) is 33.0 Å². The zero-order valence-electron chi connectivity index (χ0n) is 15.0. The summed E-state index contributed by atoms with van der Waals surface area (Å²) in [5, 5.41) is 2.86. The van der Waals surface area contributed by atoms with Crippen molar-refractivity contribution in [1.82, 2.24) is 24.4 Å². The fourth-order valence-corrected chi connectivity index (χ4v) is 3.65. The summed E-state index contributed by atoms with van der Waals surface area (Å²) in [6, 6.07) is 8.15. The smallest absolute Gasteiger partial charge is 0.257 e. The highest BCUT2D eigenvalue weighted by molar-refractivity contribution is 5.93. The molecule has 1 aliphatic heterocycles. The number of fused-ring (bicyclic) bond motifs is 1. The number of nitrogens with one attached hydrogen (secondary N) is 1. The highest BCUT2D eigenvalue weighted by Gasteiger charge is 2.28. The van der Waals surface area contributed by atoms with Crippen molar-refractivity contribution in [3.8, 4) is 0 Å². The molecule has 26 heavy (non-hydrogen) atoms. The Balaban J connectivity index is 1.56. The Morgan fingerprint density at radius 1 is 1.23 bits per heavy atom. The standard InChI is InChI=1S/C19H22N6O/c1-20-19-21-10-14(11-22-19)18(26)25-9-5-6-13(12-25)17-23-15-7-3-4-8-16(15)24(17)2/h3-4,7-8,10-11,13H,5-6,9,12H2,1-2H3,(H,20,21,22)/t13-/m1/s1. The van der Waals surface area contributed by atoms with E-state index >= 15 is 0 Å². The Kier molecular flexibility index (Phi) is 4.28. The zero-order chi connectivity index (χ0) is 18.1. The van der Waals surface area contributed by atoms with E-state index in [0.29, 0.717) is 18.1 Å². The second-order valence-corrected chi connectivity index (χ2v) is 6.65. The molecule has 0 bridgehead atoms. The van der Waals surface area contributed by atoms with Crippen LogP contribution < -0.4 is 5.32 Å². The lowest BCUT2D eigenvalue weighted by Gasteiger charge is -2.32. The number of aryl methyl sites for hydroxylation is 1. The van der Waals surface area contributed by atoms with Gasteiger partial charge in [-0.3, -0.25) is 4.79 Å². The van der Waals surface area contributed by atoms with Gasteiger partial charge >= 0.3 is 0 Å². The van der Waals surface area contributed by atoms with Crippen molar-refractivity contribution in [1.29, 1.82) is 0 Å². The lowest BCUT2D eigenvalue weighted by atomic mass is 9.96. The lowest BCUT2D eigenvalue weighted by Crippen LogP contribution is -2.39. The number of hydrogen-bond acceptors (Lipinski definition) is 5. The average Bonchev–Trinajstić information content (AvgIpc) is 3.04. The van der Waals surface area contributed by atoms with Crippen LogP contribution >= 0.6 is 0 Å². The maximum absolute atomic E-state index is 12.8. The van der Waals surface area contributed by atoms with Crippen LogP contribution in [0.15, 0.2) is 36.7 Å². The molecule has 1 fully saturated rings. The summed E-state index contributed by atoms with van der Waals surface area (Å²) >= 11 is 0. The largest absolute Gasteiger partial charge is 0.357 e. The minimum Gasteiger partial charge on any atom is -0.357 e. The van der Waals surface area contributed by atoms with Gasteiger partial charge in [0.05, 0.1) is 16.6 Å². The van der Waals surface area contributed by atoms with Gasteiger partial charge in [-0.05, 0) is 25.0 Å². The van der Waals surface area contributed by atoms with Gasteiger partial charge < -0.3 is 14.8 Å². The van der Waals surface area contributed by atoms with Crippen LogP contribution in [0.1, 0.15) is 34.9 Å². The van der Waals surface area contributed by atoms with Gasteiger partial charge in [-0.25, -0.2) is 15.0 Å². The van der Waals surface area contributed by atoms with E-state index in [1.54, 1.807) is 19.4 Å². The Hall–Kier alpha value is -2.96. The number of carbonyl (C=O) groups excluding carboxylic acids is 1. The average molecular weight is 350 g/mol. The van der Waals surface area contributed by atoms with Crippen molar-refractivity contribution in [2.24, 2.45) is 7.05 Å². The molecule has 1 aromatic carbocycles. The van der Waals surface area contributed by atoms with Gasteiger partial charge in [-0.15, -0.1) is 0 Å². The van der Waals surface area contributed by atoms with E-state index < -0.39 is 0 Å². The summed E-state index contributed by atoms with van der Waals surface area (Å²) in [4.78, 5) is 27.8. The maximum Gasteiger partial charge on any atom is 0.257 e. The highest BCUT2D eigenvalue weighted by Crippen LogP contribution is 2.29. The first-order valence-corrected chi connectivity index (χ1v) is 8.88. The van der Waals surface area contributed by atoms with Crippen molar-refractivity contribution < 1.29 is 4.79 Å². The van der Waals surface area contributed by atoms with Crippen LogP contribution in [-0.4, -0.2) is 50.5 Å². The molecule has 1 amide bonds. The zero-order valence-corrected chi connectivity index (χ0v) is 15.0. The Bertz CT molecular complexity index is 933. The van der Waals surface area contributed by atoms with Crippen LogP contribution in [0.2, 0.25) is 0 Å². The van der Waals surface area contributed by atoms with Crippen molar-refractivity contribution in [3.63, 3.8) is 0 Å². The number of nitrogens with zero attached hydrogens (tertiary/aromatic N) is 5. The van der Waals surface area contributed by atoms with Crippen LogP contribution in [0, 0.1) is 0 Å². The molecular formula is C19H22N6O. The number of carbonyl (C=O) groups is 1. The predicted molar refractivity (Wildman–Crippen MR) is 100 cm³/mol. The van der Waals surface area contributed by atoms with E-state index in [1.165, 1.54) is 0 Å². The highest BCUT2D eigenvalue weighted by atomic mass is 16.2. The molecule has 1 saturated heterocycles. The van der Waals surface area contributed by atoms with Gasteiger partial charge in [0.2, 0.25) is 5.95 Å². The van der Waals surface area contributed by atoms with Crippen LogP contribution in [-0.2, 0) is 7.05 Å². The lowest BCUT2D eigenvalue weighted by molar-refractivity contribution is 0.0703. The van der Waals surface area contributed by atoms with E-state index in [9.17, 15) is 4.79 Å². The van der Waals surface area contributed by atoms with Crippen LogP contribution in [0.3, 0.4) is 0 Å². The number of benzene rings is 1. The van der Waals surface area contributed by atoms with E-state index in [1.807, 2.05) is 23.1 Å². The number of imidazole rings is 1. The molecule has 1 N–H and O–H groups in total.